The van der Waals surface area contributed by atoms with Gasteiger partial charge in [-0.1, -0.05) is 66.7 Å². The lowest BCUT2D eigenvalue weighted by molar-refractivity contribution is -0.168. The van der Waals surface area contributed by atoms with Crippen molar-refractivity contribution >= 4 is 17.7 Å². The van der Waals surface area contributed by atoms with E-state index < -0.39 is 17.4 Å². The molecule has 176 valence electrons. The van der Waals surface area contributed by atoms with Gasteiger partial charge in [-0.25, -0.2) is 0 Å². The standard InChI is InChI=1S/C28H29NO5/c1-19-23-17-28(26(31)33-2,27(32)34-3)16-22(23)14-15-29(18-24(19)30)25(20-10-6-4-7-11-20)21-12-8-5-9-13-21/h4-14,25H,15-18H2,1-3H3. The average Bonchev–Trinajstić information content (AvgIpc) is 3.27. The Morgan fingerprint density at radius 1 is 0.882 bits per heavy atom. The summed E-state index contributed by atoms with van der Waals surface area (Å²) in [5.41, 5.74) is 2.87. The number of hydrogen-bond acceptors (Lipinski definition) is 6. The van der Waals surface area contributed by atoms with Crippen molar-refractivity contribution in [3.8, 4) is 0 Å². The molecule has 0 atom stereocenters. The van der Waals surface area contributed by atoms with Gasteiger partial charge >= 0.3 is 11.9 Å². The quantitative estimate of drug-likeness (QED) is 0.497. The van der Waals surface area contributed by atoms with Crippen LogP contribution in [0.5, 0.6) is 0 Å². The zero-order valence-electron chi connectivity index (χ0n) is 19.7. The first-order valence-corrected chi connectivity index (χ1v) is 11.3. The summed E-state index contributed by atoms with van der Waals surface area (Å²) in [5, 5.41) is 0. The number of ether oxygens (including phenoxy) is 2. The molecule has 0 amide bonds. The predicted molar refractivity (Wildman–Crippen MR) is 128 cm³/mol. The molecule has 1 aliphatic carbocycles. The Kier molecular flexibility index (Phi) is 6.80. The zero-order chi connectivity index (χ0) is 24.3. The number of nitrogens with zero attached hydrogens (tertiary/aromatic N) is 1. The number of allylic oxidation sites excluding steroid dienone is 2. The molecule has 2 aliphatic rings. The lowest BCUT2D eigenvalue weighted by Crippen LogP contribution is -2.38. The summed E-state index contributed by atoms with van der Waals surface area (Å²) in [6, 6.07) is 20.1. The van der Waals surface area contributed by atoms with Crippen LogP contribution < -0.4 is 0 Å². The number of ketones is 1. The average molecular weight is 460 g/mol. The van der Waals surface area contributed by atoms with Gasteiger partial charge in [0.1, 0.15) is 0 Å². The van der Waals surface area contributed by atoms with E-state index in [1.165, 1.54) is 14.2 Å². The SMILES string of the molecule is COC(=O)C1(C(=O)OC)CC2=CCN(C(c3ccccc3)c3ccccc3)CC(=O)C(C)=C2C1. The first kappa shape index (κ1) is 23.6. The van der Waals surface area contributed by atoms with E-state index in [0.29, 0.717) is 12.1 Å². The van der Waals surface area contributed by atoms with Gasteiger partial charge in [0.25, 0.3) is 0 Å². The van der Waals surface area contributed by atoms with Crippen LogP contribution in [0.2, 0.25) is 0 Å². The molecule has 0 unspecified atom stereocenters. The van der Waals surface area contributed by atoms with Crippen LogP contribution in [0.4, 0.5) is 0 Å². The molecular weight excluding hydrogens is 430 g/mol. The number of esters is 2. The van der Waals surface area contributed by atoms with E-state index in [-0.39, 0.29) is 31.2 Å². The maximum Gasteiger partial charge on any atom is 0.323 e. The van der Waals surface area contributed by atoms with Gasteiger partial charge in [0.2, 0.25) is 0 Å². The molecule has 6 heteroatoms. The largest absolute Gasteiger partial charge is 0.468 e. The molecular formula is C28H29NO5. The fourth-order valence-corrected chi connectivity index (χ4v) is 5.09. The van der Waals surface area contributed by atoms with E-state index in [4.69, 9.17) is 9.47 Å². The summed E-state index contributed by atoms with van der Waals surface area (Å²) in [6.45, 7) is 2.49. The zero-order valence-corrected chi connectivity index (χ0v) is 19.7. The van der Waals surface area contributed by atoms with E-state index in [1.807, 2.05) is 42.5 Å². The van der Waals surface area contributed by atoms with Crippen molar-refractivity contribution in [1.82, 2.24) is 4.90 Å². The summed E-state index contributed by atoms with van der Waals surface area (Å²) < 4.78 is 9.96. The molecule has 0 radical (unpaired) electrons. The topological polar surface area (TPSA) is 72.9 Å². The molecule has 0 saturated heterocycles. The Balaban J connectivity index is 1.76. The molecule has 0 spiro atoms. The highest BCUT2D eigenvalue weighted by Gasteiger charge is 2.54. The number of rotatable bonds is 5. The number of benzene rings is 2. The van der Waals surface area contributed by atoms with Crippen LogP contribution in [0.3, 0.4) is 0 Å². The van der Waals surface area contributed by atoms with Crippen molar-refractivity contribution < 1.29 is 23.9 Å². The fourth-order valence-electron chi connectivity index (χ4n) is 5.09. The minimum absolute atomic E-state index is 0.0250. The molecule has 2 aromatic rings. The number of methoxy groups -OCH3 is 2. The Morgan fingerprint density at radius 2 is 1.41 bits per heavy atom. The van der Waals surface area contributed by atoms with E-state index in [2.05, 4.69) is 29.2 Å². The Bertz CT molecular complexity index is 1090. The Hall–Kier alpha value is -3.51. The number of carbonyl (C=O) groups excluding carboxylic acids is 3. The highest BCUT2D eigenvalue weighted by atomic mass is 16.5. The van der Waals surface area contributed by atoms with Gasteiger partial charge in [-0.15, -0.1) is 0 Å². The third-order valence-electron chi connectivity index (χ3n) is 6.90. The van der Waals surface area contributed by atoms with Crippen LogP contribution in [-0.2, 0) is 23.9 Å². The summed E-state index contributed by atoms with van der Waals surface area (Å²) >= 11 is 0. The Morgan fingerprint density at radius 3 is 1.91 bits per heavy atom. The third kappa shape index (κ3) is 4.21. The van der Waals surface area contributed by atoms with Gasteiger partial charge in [0, 0.05) is 13.0 Å². The Labute approximate surface area is 199 Å². The van der Waals surface area contributed by atoms with E-state index >= 15 is 0 Å². The second-order valence-corrected chi connectivity index (χ2v) is 8.83. The smallest absolute Gasteiger partial charge is 0.323 e. The molecule has 0 N–H and O–H groups in total. The van der Waals surface area contributed by atoms with Crippen molar-refractivity contribution in [2.75, 3.05) is 27.3 Å². The lowest BCUT2D eigenvalue weighted by Gasteiger charge is -2.32. The first-order chi connectivity index (χ1) is 16.4. The van der Waals surface area contributed by atoms with Crippen LogP contribution in [0, 0.1) is 5.41 Å². The van der Waals surface area contributed by atoms with Crippen LogP contribution in [0.25, 0.3) is 0 Å². The van der Waals surface area contributed by atoms with Gasteiger partial charge in [-0.3, -0.25) is 19.3 Å². The molecule has 1 heterocycles. The molecule has 1 aliphatic heterocycles. The van der Waals surface area contributed by atoms with Crippen molar-refractivity contribution in [2.24, 2.45) is 5.41 Å². The summed E-state index contributed by atoms with van der Waals surface area (Å²) in [4.78, 5) is 41.0. The van der Waals surface area contributed by atoms with Crippen molar-refractivity contribution in [3.05, 3.63) is 94.6 Å². The minimum Gasteiger partial charge on any atom is -0.468 e. The molecule has 0 aromatic heterocycles. The number of carbonyl (C=O) groups is 3. The van der Waals surface area contributed by atoms with Gasteiger partial charge in [-0.2, -0.15) is 0 Å². The van der Waals surface area contributed by atoms with Crippen molar-refractivity contribution in [1.29, 1.82) is 0 Å². The lowest BCUT2D eigenvalue weighted by atomic mass is 9.85. The van der Waals surface area contributed by atoms with Crippen molar-refractivity contribution in [3.63, 3.8) is 0 Å². The summed E-state index contributed by atoms with van der Waals surface area (Å²) in [5.74, 6) is -1.30. The van der Waals surface area contributed by atoms with E-state index in [1.54, 1.807) is 6.92 Å². The van der Waals surface area contributed by atoms with Gasteiger partial charge < -0.3 is 9.47 Å². The minimum atomic E-state index is -1.46. The van der Waals surface area contributed by atoms with Crippen LogP contribution >= 0.6 is 0 Å². The molecule has 2 aromatic carbocycles. The van der Waals surface area contributed by atoms with E-state index in [0.717, 1.165) is 22.3 Å². The normalized spacial score (nSPS) is 18.1. The number of hydrogen-bond donors (Lipinski definition) is 0. The molecule has 6 nitrogen and oxygen atoms in total. The van der Waals surface area contributed by atoms with E-state index in [9.17, 15) is 14.4 Å². The van der Waals surface area contributed by atoms with Crippen LogP contribution in [0.1, 0.15) is 36.9 Å². The molecule has 4 rings (SSSR count). The second-order valence-electron chi connectivity index (χ2n) is 8.83. The maximum absolute atomic E-state index is 13.4. The summed E-state index contributed by atoms with van der Waals surface area (Å²) in [6.07, 6.45) is 2.30. The van der Waals surface area contributed by atoms with Gasteiger partial charge in [0.15, 0.2) is 11.2 Å². The van der Waals surface area contributed by atoms with Crippen molar-refractivity contribution in [2.45, 2.75) is 25.8 Å². The highest BCUT2D eigenvalue weighted by molar-refractivity contribution is 6.04. The second kappa shape index (κ2) is 9.77. The molecule has 34 heavy (non-hydrogen) atoms. The van der Waals surface area contributed by atoms with Crippen LogP contribution in [0.15, 0.2) is 83.5 Å². The number of Topliss-reactive ketones (excluding diaryl/α,β-unsaturated/α-hetero) is 1. The van der Waals surface area contributed by atoms with Gasteiger partial charge in [0.05, 0.1) is 26.8 Å². The first-order valence-electron chi connectivity index (χ1n) is 11.3. The molecule has 1 fully saturated rings. The third-order valence-corrected chi connectivity index (χ3v) is 6.90. The maximum atomic E-state index is 13.4. The van der Waals surface area contributed by atoms with Crippen LogP contribution in [-0.4, -0.2) is 49.9 Å². The fraction of sp³-hybridized carbons (Fsp3) is 0.321. The molecule has 0 bridgehead atoms. The molecule has 1 saturated carbocycles. The van der Waals surface area contributed by atoms with Gasteiger partial charge in [-0.05, 0) is 41.2 Å². The summed E-state index contributed by atoms with van der Waals surface area (Å²) in [7, 11) is 2.53. The highest BCUT2D eigenvalue weighted by Crippen LogP contribution is 2.48. The predicted octanol–water partition coefficient (Wildman–Crippen LogP) is 4.03. The number of fused-ring (bicyclic) bond motifs is 1. The monoisotopic (exact) mass is 459 g/mol.